The molecule has 0 atom stereocenters. The third kappa shape index (κ3) is 5.13. The van der Waals surface area contributed by atoms with Crippen LogP contribution in [-0.4, -0.2) is 80.1 Å². The number of pyridine rings is 1. The van der Waals surface area contributed by atoms with Crippen LogP contribution in [0.25, 0.3) is 10.9 Å². The van der Waals surface area contributed by atoms with E-state index in [1.165, 1.54) is 6.07 Å². The number of sulfone groups is 1. The number of fused-ring (bicyclic) bond motifs is 2. The van der Waals surface area contributed by atoms with Crippen LogP contribution in [0.5, 0.6) is 5.75 Å². The molecule has 2 aliphatic rings. The summed E-state index contributed by atoms with van der Waals surface area (Å²) >= 11 is 0. The Bertz CT molecular complexity index is 1380. The van der Waals surface area contributed by atoms with Crippen molar-refractivity contribution < 1.29 is 22.7 Å². The lowest BCUT2D eigenvalue weighted by molar-refractivity contribution is -0.114. The number of hydrogen-bond donors (Lipinski definition) is 1. The minimum Gasteiger partial charge on any atom is -0.494 e. The summed E-state index contributed by atoms with van der Waals surface area (Å²) in [4.78, 5) is 33.1. The maximum atomic E-state index is 12.9. The van der Waals surface area contributed by atoms with Gasteiger partial charge in [-0.3, -0.25) is 14.5 Å². The summed E-state index contributed by atoms with van der Waals surface area (Å²) in [7, 11) is -3.64. The first-order valence-corrected chi connectivity index (χ1v) is 13.2. The molecule has 0 spiro atoms. The van der Waals surface area contributed by atoms with Crippen LogP contribution in [0.4, 0.5) is 5.69 Å². The number of ether oxygens (including phenoxy) is 1. The van der Waals surface area contributed by atoms with Gasteiger partial charge in [0.25, 0.3) is 5.91 Å². The molecule has 0 unspecified atom stereocenters. The largest absolute Gasteiger partial charge is 0.494 e. The fourth-order valence-electron chi connectivity index (χ4n) is 4.39. The van der Waals surface area contributed by atoms with E-state index in [9.17, 15) is 18.0 Å². The van der Waals surface area contributed by atoms with E-state index < -0.39 is 21.5 Å². The second-order valence-electron chi connectivity index (χ2n) is 8.69. The lowest BCUT2D eigenvalue weighted by Crippen LogP contribution is -2.49. The molecule has 0 bridgehead atoms. The Kier molecular flexibility index (Phi) is 6.40. The summed E-state index contributed by atoms with van der Waals surface area (Å²) in [5.74, 6) is -0.657. The molecule has 10 heteroatoms. The first-order valence-electron chi connectivity index (χ1n) is 11.6. The van der Waals surface area contributed by atoms with Crippen LogP contribution in [0, 0.1) is 0 Å². The van der Waals surface area contributed by atoms with Gasteiger partial charge in [-0.25, -0.2) is 13.4 Å². The van der Waals surface area contributed by atoms with Crippen molar-refractivity contribution in [1.29, 1.82) is 0 Å². The lowest BCUT2D eigenvalue weighted by atomic mass is 10.2. The third-order valence-corrected chi connectivity index (χ3v) is 7.90. The van der Waals surface area contributed by atoms with E-state index in [0.717, 1.165) is 37.0 Å². The van der Waals surface area contributed by atoms with Gasteiger partial charge in [0.05, 0.1) is 22.7 Å². The highest BCUT2D eigenvalue weighted by atomic mass is 32.2. The van der Waals surface area contributed by atoms with Crippen molar-refractivity contribution in [3.05, 3.63) is 60.3 Å². The normalized spacial score (nSPS) is 17.6. The van der Waals surface area contributed by atoms with Gasteiger partial charge in [0.1, 0.15) is 17.2 Å². The maximum Gasteiger partial charge on any atom is 0.272 e. The average molecular weight is 495 g/mol. The number of rotatable bonds is 6. The predicted molar refractivity (Wildman–Crippen MR) is 131 cm³/mol. The summed E-state index contributed by atoms with van der Waals surface area (Å²) in [5.41, 5.74) is 1.58. The molecule has 1 fully saturated rings. The smallest absolute Gasteiger partial charge is 0.272 e. The number of aromatic nitrogens is 1. The second-order valence-corrected chi connectivity index (χ2v) is 10.6. The Morgan fingerprint density at radius 1 is 1.03 bits per heavy atom. The van der Waals surface area contributed by atoms with Crippen LogP contribution in [0.2, 0.25) is 0 Å². The van der Waals surface area contributed by atoms with Crippen LogP contribution in [0.3, 0.4) is 0 Å². The van der Waals surface area contributed by atoms with Gasteiger partial charge in [-0.15, -0.1) is 0 Å². The molecule has 0 radical (unpaired) electrons. The molecule has 1 aromatic heterocycles. The summed E-state index contributed by atoms with van der Waals surface area (Å²) in [6, 6.07) is 16.2. The van der Waals surface area contributed by atoms with E-state index in [1.54, 1.807) is 18.2 Å². The topological polar surface area (TPSA) is 109 Å². The Labute approximate surface area is 203 Å². The molecule has 2 aromatic carbocycles. The van der Waals surface area contributed by atoms with Crippen LogP contribution >= 0.6 is 0 Å². The number of benzene rings is 2. The zero-order chi connectivity index (χ0) is 24.4. The third-order valence-electron chi connectivity index (χ3n) is 6.25. The van der Waals surface area contributed by atoms with Gasteiger partial charge in [-0.2, -0.15) is 0 Å². The van der Waals surface area contributed by atoms with Crippen molar-refractivity contribution in [2.24, 2.45) is 0 Å². The fourth-order valence-corrected chi connectivity index (χ4v) is 5.71. The monoisotopic (exact) mass is 494 g/mol. The number of amides is 2. The van der Waals surface area contributed by atoms with E-state index in [1.807, 2.05) is 35.2 Å². The van der Waals surface area contributed by atoms with E-state index in [-0.39, 0.29) is 10.8 Å². The van der Waals surface area contributed by atoms with Crippen molar-refractivity contribution in [3.8, 4) is 5.75 Å². The highest BCUT2D eigenvalue weighted by Gasteiger charge is 2.29. The highest BCUT2D eigenvalue weighted by molar-refractivity contribution is 7.92. The molecular weight excluding hydrogens is 468 g/mol. The van der Waals surface area contributed by atoms with Crippen molar-refractivity contribution in [2.75, 3.05) is 50.4 Å². The molecular formula is C25H26N4O5S. The second kappa shape index (κ2) is 9.63. The zero-order valence-electron chi connectivity index (χ0n) is 19.1. The van der Waals surface area contributed by atoms with E-state index in [2.05, 4.69) is 15.2 Å². The minimum atomic E-state index is -3.64. The highest BCUT2D eigenvalue weighted by Crippen LogP contribution is 2.30. The molecule has 1 N–H and O–H groups in total. The van der Waals surface area contributed by atoms with Crippen LogP contribution < -0.4 is 10.1 Å². The van der Waals surface area contributed by atoms with Crippen LogP contribution in [-0.2, 0) is 14.6 Å². The molecule has 0 aliphatic carbocycles. The number of piperazine rings is 1. The Morgan fingerprint density at radius 3 is 2.66 bits per heavy atom. The number of para-hydroxylation sites is 1. The van der Waals surface area contributed by atoms with E-state index in [0.29, 0.717) is 36.8 Å². The van der Waals surface area contributed by atoms with Gasteiger partial charge in [-0.1, -0.05) is 24.3 Å². The summed E-state index contributed by atoms with van der Waals surface area (Å²) in [5, 5.41) is 3.58. The molecule has 182 valence electrons. The van der Waals surface area contributed by atoms with E-state index >= 15 is 0 Å². The number of carbonyl (C=O) groups excluding carboxylic acids is 2. The zero-order valence-corrected chi connectivity index (χ0v) is 20.0. The Balaban J connectivity index is 1.08. The predicted octanol–water partition coefficient (Wildman–Crippen LogP) is 2.19. The van der Waals surface area contributed by atoms with Gasteiger partial charge in [0.15, 0.2) is 9.84 Å². The van der Waals surface area contributed by atoms with Gasteiger partial charge in [0, 0.05) is 44.2 Å². The molecule has 5 rings (SSSR count). The lowest BCUT2D eigenvalue weighted by Gasteiger charge is -2.34. The standard InChI is InChI=1S/C25H26N4O5S/c30-24-17-35(32,33)23-16-19(7-9-21(23)27-24)34-15-3-10-28-11-13-29(14-12-28)25(31)22-8-6-18-4-1-2-5-20(18)26-22/h1-2,4-9,16H,3,10-15,17H2,(H,27,30). The SMILES string of the molecule is O=C1CS(=O)(=O)c2cc(OCCCN3CCN(C(=O)c4ccc5ccccc5n4)CC3)ccc2N1. The number of hydrogen-bond acceptors (Lipinski definition) is 7. The fraction of sp³-hybridized carbons (Fsp3) is 0.320. The molecule has 1 saturated heterocycles. The summed E-state index contributed by atoms with van der Waals surface area (Å²) in [6.45, 7) is 4.08. The van der Waals surface area contributed by atoms with Crippen molar-refractivity contribution in [3.63, 3.8) is 0 Å². The average Bonchev–Trinajstić information content (AvgIpc) is 2.86. The quantitative estimate of drug-likeness (QED) is 0.523. The van der Waals surface area contributed by atoms with Crippen molar-refractivity contribution in [2.45, 2.75) is 11.3 Å². The minimum absolute atomic E-state index is 0.0442. The van der Waals surface area contributed by atoms with Crippen LogP contribution in [0.15, 0.2) is 59.5 Å². The summed E-state index contributed by atoms with van der Waals surface area (Å²) in [6.07, 6.45) is 0.765. The van der Waals surface area contributed by atoms with Crippen molar-refractivity contribution >= 4 is 38.2 Å². The first kappa shape index (κ1) is 23.3. The Hall–Kier alpha value is -3.50. The Morgan fingerprint density at radius 2 is 1.83 bits per heavy atom. The molecule has 0 saturated carbocycles. The van der Waals surface area contributed by atoms with Gasteiger partial charge in [-0.05, 0) is 30.7 Å². The number of nitrogens with zero attached hydrogens (tertiary/aromatic N) is 3. The van der Waals surface area contributed by atoms with Gasteiger partial charge < -0.3 is 15.0 Å². The number of nitrogens with one attached hydrogen (secondary N) is 1. The molecule has 2 aliphatic heterocycles. The number of anilines is 1. The van der Waals surface area contributed by atoms with Gasteiger partial charge >= 0.3 is 0 Å². The molecule has 9 nitrogen and oxygen atoms in total. The molecule has 2 amide bonds. The molecule has 35 heavy (non-hydrogen) atoms. The van der Waals surface area contributed by atoms with Gasteiger partial charge in [0.2, 0.25) is 5.91 Å². The first-order chi connectivity index (χ1) is 16.9. The summed E-state index contributed by atoms with van der Waals surface area (Å²) < 4.78 is 30.2. The molecule has 3 heterocycles. The van der Waals surface area contributed by atoms with Crippen molar-refractivity contribution in [1.82, 2.24) is 14.8 Å². The van der Waals surface area contributed by atoms with E-state index in [4.69, 9.17) is 4.74 Å². The number of carbonyl (C=O) groups is 2. The molecule has 3 aromatic rings. The maximum absolute atomic E-state index is 12.9. The van der Waals surface area contributed by atoms with Crippen LogP contribution in [0.1, 0.15) is 16.9 Å².